The van der Waals surface area contributed by atoms with Gasteiger partial charge in [-0.2, -0.15) is 23.4 Å². The number of hydrogen-bond donors (Lipinski definition) is 2. The summed E-state index contributed by atoms with van der Waals surface area (Å²) in [4.78, 5) is 29.3. The second-order valence-electron chi connectivity index (χ2n) is 8.00. The lowest BCUT2D eigenvalue weighted by Crippen LogP contribution is -2.16. The van der Waals surface area contributed by atoms with Crippen LogP contribution in [0.5, 0.6) is 0 Å². The predicted octanol–water partition coefficient (Wildman–Crippen LogP) is 3.86. The minimum absolute atomic E-state index is 0.00214. The molecule has 1 saturated carbocycles. The van der Waals surface area contributed by atoms with E-state index in [9.17, 15) is 22.8 Å². The van der Waals surface area contributed by atoms with Crippen LogP contribution in [0.2, 0.25) is 0 Å². The van der Waals surface area contributed by atoms with E-state index in [0.29, 0.717) is 21.6 Å². The number of anilines is 2. The highest BCUT2D eigenvalue weighted by Crippen LogP contribution is 2.41. The number of benzene rings is 1. The van der Waals surface area contributed by atoms with Gasteiger partial charge >= 0.3 is 6.18 Å². The maximum atomic E-state index is 13.6. The average Bonchev–Trinajstić information content (AvgIpc) is 3.38. The number of nitrogens with zero attached hydrogens (tertiary/aromatic N) is 5. The smallest absolute Gasteiger partial charge is 0.321 e. The summed E-state index contributed by atoms with van der Waals surface area (Å²) >= 11 is 0. The fourth-order valence-corrected chi connectivity index (χ4v) is 3.50. The molecule has 5 rings (SSSR count). The number of halogens is 3. The second kappa shape index (κ2) is 7.97. The number of aromatic nitrogens is 5. The SMILES string of the molecule is Cn1ccc(C(=O)Nc2cccc(NC(=O)c3cc4nc(C5CC5)cc(C(F)(F)F)n4n3)c2)n1. The van der Waals surface area contributed by atoms with Crippen LogP contribution in [0.25, 0.3) is 5.65 Å². The largest absolute Gasteiger partial charge is 0.433 e. The Morgan fingerprint density at radius 1 is 0.971 bits per heavy atom. The van der Waals surface area contributed by atoms with Crippen LogP contribution in [0.4, 0.5) is 24.5 Å². The zero-order valence-electron chi connectivity index (χ0n) is 17.8. The second-order valence-corrected chi connectivity index (χ2v) is 8.00. The molecular weight excluding hydrogens is 451 g/mol. The molecule has 12 heteroatoms. The van der Waals surface area contributed by atoms with E-state index in [-0.39, 0.29) is 23.0 Å². The van der Waals surface area contributed by atoms with Gasteiger partial charge in [0.15, 0.2) is 17.0 Å². The molecule has 1 fully saturated rings. The molecule has 0 spiro atoms. The molecule has 4 aromatic rings. The molecular formula is C22H18F3N7O2. The number of amides is 2. The Hall–Kier alpha value is -4.22. The molecule has 0 atom stereocenters. The first-order valence-electron chi connectivity index (χ1n) is 10.4. The van der Waals surface area contributed by atoms with Crippen LogP contribution < -0.4 is 10.6 Å². The highest BCUT2D eigenvalue weighted by molar-refractivity contribution is 6.05. The van der Waals surface area contributed by atoms with Crippen molar-refractivity contribution in [2.24, 2.45) is 7.05 Å². The van der Waals surface area contributed by atoms with Crippen LogP contribution in [0.15, 0.2) is 48.7 Å². The lowest BCUT2D eigenvalue weighted by Gasteiger charge is -2.10. The summed E-state index contributed by atoms with van der Waals surface area (Å²) in [6, 6.07) is 10.1. The van der Waals surface area contributed by atoms with Gasteiger partial charge in [-0.05, 0) is 43.2 Å². The lowest BCUT2D eigenvalue weighted by molar-refractivity contribution is -0.142. The number of nitrogens with one attached hydrogen (secondary N) is 2. The fraction of sp³-hybridized carbons (Fsp3) is 0.227. The number of aryl methyl sites for hydroxylation is 1. The van der Waals surface area contributed by atoms with Crippen molar-refractivity contribution in [1.29, 1.82) is 0 Å². The van der Waals surface area contributed by atoms with Crippen LogP contribution >= 0.6 is 0 Å². The summed E-state index contributed by atoms with van der Waals surface area (Å²) in [5, 5.41) is 13.1. The molecule has 0 saturated heterocycles. The molecule has 1 aliphatic carbocycles. The molecule has 9 nitrogen and oxygen atoms in total. The van der Waals surface area contributed by atoms with Gasteiger partial charge in [-0.3, -0.25) is 14.3 Å². The van der Waals surface area contributed by atoms with Gasteiger partial charge in [0, 0.05) is 42.3 Å². The summed E-state index contributed by atoms with van der Waals surface area (Å²) in [5.74, 6) is -1.14. The highest BCUT2D eigenvalue weighted by Gasteiger charge is 2.37. The zero-order valence-corrected chi connectivity index (χ0v) is 17.8. The molecule has 3 aromatic heterocycles. The fourth-order valence-electron chi connectivity index (χ4n) is 3.50. The number of alkyl halides is 3. The van der Waals surface area contributed by atoms with Gasteiger partial charge < -0.3 is 10.6 Å². The van der Waals surface area contributed by atoms with Gasteiger partial charge in [-0.25, -0.2) is 9.50 Å². The number of carbonyl (C=O) groups excluding carboxylic acids is 2. The molecule has 0 aliphatic heterocycles. The summed E-state index contributed by atoms with van der Waals surface area (Å²) in [6.07, 6.45) is -1.44. The molecule has 3 heterocycles. The van der Waals surface area contributed by atoms with Crippen LogP contribution in [0, 0.1) is 0 Å². The quantitative estimate of drug-likeness (QED) is 0.462. The Labute approximate surface area is 190 Å². The average molecular weight is 469 g/mol. The molecule has 2 amide bonds. The van der Waals surface area contributed by atoms with Crippen LogP contribution in [-0.2, 0) is 13.2 Å². The van der Waals surface area contributed by atoms with Crippen molar-refractivity contribution in [3.8, 4) is 0 Å². The third-order valence-electron chi connectivity index (χ3n) is 5.29. The molecule has 1 aromatic carbocycles. The maximum Gasteiger partial charge on any atom is 0.433 e. The molecule has 2 N–H and O–H groups in total. The monoisotopic (exact) mass is 469 g/mol. The first kappa shape index (κ1) is 21.6. The molecule has 0 bridgehead atoms. The highest BCUT2D eigenvalue weighted by atomic mass is 19.4. The van der Waals surface area contributed by atoms with Crippen molar-refractivity contribution in [3.05, 3.63) is 71.4 Å². The van der Waals surface area contributed by atoms with Crippen molar-refractivity contribution in [2.45, 2.75) is 24.9 Å². The Kier molecular flexibility index (Phi) is 5.07. The van der Waals surface area contributed by atoms with Crippen molar-refractivity contribution in [3.63, 3.8) is 0 Å². The first-order chi connectivity index (χ1) is 16.2. The van der Waals surface area contributed by atoms with E-state index in [1.165, 1.54) is 16.8 Å². The third-order valence-corrected chi connectivity index (χ3v) is 5.29. The van der Waals surface area contributed by atoms with Gasteiger partial charge in [-0.15, -0.1) is 0 Å². The van der Waals surface area contributed by atoms with E-state index in [1.807, 2.05) is 0 Å². The van der Waals surface area contributed by atoms with Gasteiger partial charge in [0.2, 0.25) is 0 Å². The Balaban J connectivity index is 1.37. The van der Waals surface area contributed by atoms with Gasteiger partial charge in [0.1, 0.15) is 5.69 Å². The molecule has 1 aliphatic rings. The van der Waals surface area contributed by atoms with E-state index in [2.05, 4.69) is 25.8 Å². The van der Waals surface area contributed by atoms with E-state index in [1.54, 1.807) is 37.5 Å². The molecule has 0 unspecified atom stereocenters. The number of rotatable bonds is 5. The van der Waals surface area contributed by atoms with Gasteiger partial charge in [0.25, 0.3) is 11.8 Å². The molecule has 0 radical (unpaired) electrons. The lowest BCUT2D eigenvalue weighted by atomic mass is 10.2. The Morgan fingerprint density at radius 3 is 2.24 bits per heavy atom. The van der Waals surface area contributed by atoms with Crippen molar-refractivity contribution in [2.75, 3.05) is 10.6 Å². The topological polar surface area (TPSA) is 106 Å². The summed E-state index contributed by atoms with van der Waals surface area (Å²) in [5.41, 5.74) is 0.0649. The van der Waals surface area contributed by atoms with Crippen molar-refractivity contribution < 1.29 is 22.8 Å². The summed E-state index contributed by atoms with van der Waals surface area (Å²) < 4.78 is 42.9. The predicted molar refractivity (Wildman–Crippen MR) is 116 cm³/mol. The standard InChI is InChI=1S/C22H18F3N7O2/c1-31-8-7-15(29-31)20(33)26-13-3-2-4-14(9-13)27-21(34)17-11-19-28-16(12-5-6-12)10-18(22(23,24)25)32(19)30-17/h2-4,7-12H,5-6H2,1H3,(H,26,33)(H,27,34). The van der Waals surface area contributed by atoms with Crippen molar-refractivity contribution in [1.82, 2.24) is 24.4 Å². The molecule has 34 heavy (non-hydrogen) atoms. The van der Waals surface area contributed by atoms with E-state index in [4.69, 9.17) is 0 Å². The van der Waals surface area contributed by atoms with E-state index >= 15 is 0 Å². The number of hydrogen-bond acceptors (Lipinski definition) is 5. The van der Waals surface area contributed by atoms with Crippen LogP contribution in [0.3, 0.4) is 0 Å². The third kappa shape index (κ3) is 4.34. The number of carbonyl (C=O) groups is 2. The minimum atomic E-state index is -4.65. The summed E-state index contributed by atoms with van der Waals surface area (Å²) in [6.45, 7) is 0. The van der Waals surface area contributed by atoms with E-state index < -0.39 is 23.7 Å². The first-order valence-corrected chi connectivity index (χ1v) is 10.4. The van der Waals surface area contributed by atoms with Crippen LogP contribution in [0.1, 0.15) is 51.1 Å². The molecule has 174 valence electrons. The van der Waals surface area contributed by atoms with Gasteiger partial charge in [-0.1, -0.05) is 6.07 Å². The van der Waals surface area contributed by atoms with Crippen LogP contribution in [-0.4, -0.2) is 36.2 Å². The summed E-state index contributed by atoms with van der Waals surface area (Å²) in [7, 11) is 1.69. The Morgan fingerprint density at radius 2 is 1.65 bits per heavy atom. The van der Waals surface area contributed by atoms with Crippen molar-refractivity contribution >= 4 is 28.8 Å². The van der Waals surface area contributed by atoms with Gasteiger partial charge in [0.05, 0.1) is 0 Å². The Bertz CT molecular complexity index is 1420. The normalized spacial score (nSPS) is 13.8. The number of fused-ring (bicyclic) bond motifs is 1. The zero-order chi connectivity index (χ0) is 24.0. The minimum Gasteiger partial charge on any atom is -0.321 e. The maximum absolute atomic E-state index is 13.6. The van der Waals surface area contributed by atoms with E-state index in [0.717, 1.165) is 18.9 Å².